The van der Waals surface area contributed by atoms with Crippen LogP contribution in [0, 0.1) is 5.82 Å². The SMILES string of the molecule is COC[C@@H](C)NC(=O)CN[C@H](c1ccc(F)cc1)c1ccc(OC)cc1. The van der Waals surface area contributed by atoms with Crippen LogP contribution in [-0.4, -0.2) is 39.3 Å². The highest BCUT2D eigenvalue weighted by atomic mass is 19.1. The van der Waals surface area contributed by atoms with Crippen LogP contribution in [0.1, 0.15) is 24.1 Å². The van der Waals surface area contributed by atoms with E-state index in [1.165, 1.54) is 12.1 Å². The molecule has 0 aliphatic carbocycles. The number of ether oxygens (including phenoxy) is 2. The molecule has 0 heterocycles. The molecule has 0 aromatic heterocycles. The molecule has 0 radical (unpaired) electrons. The molecule has 26 heavy (non-hydrogen) atoms. The summed E-state index contributed by atoms with van der Waals surface area (Å²) in [6.45, 7) is 2.45. The van der Waals surface area contributed by atoms with E-state index in [-0.39, 0.29) is 30.4 Å². The molecule has 2 N–H and O–H groups in total. The number of amides is 1. The fourth-order valence-corrected chi connectivity index (χ4v) is 2.69. The second kappa shape index (κ2) is 9.89. The number of carbonyl (C=O) groups is 1. The Bertz CT molecular complexity index is 689. The van der Waals surface area contributed by atoms with Gasteiger partial charge >= 0.3 is 0 Å². The third-order valence-corrected chi connectivity index (χ3v) is 3.94. The van der Waals surface area contributed by atoms with Crippen LogP contribution in [0.2, 0.25) is 0 Å². The maximum atomic E-state index is 13.3. The van der Waals surface area contributed by atoms with Crippen LogP contribution in [0.3, 0.4) is 0 Å². The molecule has 0 aliphatic rings. The monoisotopic (exact) mass is 360 g/mol. The van der Waals surface area contributed by atoms with Crippen LogP contribution >= 0.6 is 0 Å². The van der Waals surface area contributed by atoms with Crippen molar-refractivity contribution in [1.29, 1.82) is 0 Å². The highest BCUT2D eigenvalue weighted by molar-refractivity contribution is 5.78. The molecule has 5 nitrogen and oxygen atoms in total. The van der Waals surface area contributed by atoms with Gasteiger partial charge in [-0.2, -0.15) is 0 Å². The van der Waals surface area contributed by atoms with Crippen LogP contribution < -0.4 is 15.4 Å². The zero-order valence-electron chi connectivity index (χ0n) is 15.3. The maximum Gasteiger partial charge on any atom is 0.234 e. The lowest BCUT2D eigenvalue weighted by molar-refractivity contribution is -0.121. The van der Waals surface area contributed by atoms with Crippen molar-refractivity contribution in [2.75, 3.05) is 27.4 Å². The summed E-state index contributed by atoms with van der Waals surface area (Å²) >= 11 is 0. The molecule has 0 saturated heterocycles. The maximum absolute atomic E-state index is 13.3. The van der Waals surface area contributed by atoms with Crippen molar-refractivity contribution < 1.29 is 18.7 Å². The summed E-state index contributed by atoms with van der Waals surface area (Å²) in [5.74, 6) is 0.321. The second-order valence-corrected chi connectivity index (χ2v) is 6.06. The molecule has 2 atom stereocenters. The Balaban J connectivity index is 2.12. The summed E-state index contributed by atoms with van der Waals surface area (Å²) in [5, 5.41) is 6.10. The number of halogens is 1. The second-order valence-electron chi connectivity index (χ2n) is 6.06. The van der Waals surface area contributed by atoms with E-state index in [9.17, 15) is 9.18 Å². The van der Waals surface area contributed by atoms with Crippen LogP contribution in [0.25, 0.3) is 0 Å². The molecule has 0 bridgehead atoms. The minimum absolute atomic E-state index is 0.0699. The number of hydrogen-bond donors (Lipinski definition) is 2. The first kappa shape index (κ1) is 19.9. The van der Waals surface area contributed by atoms with Crippen LogP contribution in [0.5, 0.6) is 5.75 Å². The Morgan fingerprint density at radius 2 is 1.62 bits per heavy atom. The minimum Gasteiger partial charge on any atom is -0.497 e. The fraction of sp³-hybridized carbons (Fsp3) is 0.350. The number of rotatable bonds is 9. The van der Waals surface area contributed by atoms with Gasteiger partial charge in [0, 0.05) is 13.2 Å². The fourth-order valence-electron chi connectivity index (χ4n) is 2.69. The average Bonchev–Trinajstić information content (AvgIpc) is 2.64. The molecular formula is C20H25FN2O3. The lowest BCUT2D eigenvalue weighted by atomic mass is 9.98. The third-order valence-electron chi connectivity index (χ3n) is 3.94. The predicted octanol–water partition coefficient (Wildman–Crippen LogP) is 2.66. The van der Waals surface area contributed by atoms with Gasteiger partial charge in [0.05, 0.1) is 26.3 Å². The van der Waals surface area contributed by atoms with Gasteiger partial charge in [0.1, 0.15) is 11.6 Å². The first-order valence-electron chi connectivity index (χ1n) is 8.44. The summed E-state index contributed by atoms with van der Waals surface area (Å²) in [7, 11) is 3.20. The average molecular weight is 360 g/mol. The smallest absolute Gasteiger partial charge is 0.234 e. The summed E-state index contributed by atoms with van der Waals surface area (Å²) in [4.78, 5) is 12.1. The first-order chi connectivity index (χ1) is 12.5. The van der Waals surface area contributed by atoms with Crippen LogP contribution in [-0.2, 0) is 9.53 Å². The highest BCUT2D eigenvalue weighted by Gasteiger charge is 2.16. The van der Waals surface area contributed by atoms with E-state index in [0.29, 0.717) is 6.61 Å². The zero-order valence-corrected chi connectivity index (χ0v) is 15.3. The van der Waals surface area contributed by atoms with E-state index >= 15 is 0 Å². The number of hydrogen-bond acceptors (Lipinski definition) is 4. The molecule has 0 aliphatic heterocycles. The van der Waals surface area contributed by atoms with Crippen molar-refractivity contribution in [2.24, 2.45) is 0 Å². The zero-order chi connectivity index (χ0) is 18.9. The predicted molar refractivity (Wildman–Crippen MR) is 98.7 cm³/mol. The van der Waals surface area contributed by atoms with Crippen molar-refractivity contribution in [3.05, 3.63) is 65.5 Å². The molecule has 2 aromatic carbocycles. The Kier molecular flexibility index (Phi) is 7.56. The van der Waals surface area contributed by atoms with Crippen molar-refractivity contribution in [2.45, 2.75) is 19.0 Å². The molecule has 0 spiro atoms. The summed E-state index contributed by atoms with van der Waals surface area (Å²) < 4.78 is 23.5. The van der Waals surface area contributed by atoms with E-state index in [1.54, 1.807) is 26.4 Å². The van der Waals surface area contributed by atoms with E-state index in [0.717, 1.165) is 16.9 Å². The Morgan fingerprint density at radius 3 is 2.15 bits per heavy atom. The van der Waals surface area contributed by atoms with Gasteiger partial charge in [0.2, 0.25) is 5.91 Å². The van der Waals surface area contributed by atoms with Gasteiger partial charge in [-0.05, 0) is 42.3 Å². The van der Waals surface area contributed by atoms with E-state index in [1.807, 2.05) is 31.2 Å². The Labute approximate surface area is 153 Å². The van der Waals surface area contributed by atoms with Crippen molar-refractivity contribution in [3.8, 4) is 5.75 Å². The summed E-state index contributed by atoms with van der Waals surface area (Å²) in [6, 6.07) is 13.5. The third kappa shape index (κ3) is 5.82. The molecule has 2 rings (SSSR count). The summed E-state index contributed by atoms with van der Waals surface area (Å²) in [6.07, 6.45) is 0. The van der Waals surface area contributed by atoms with Crippen molar-refractivity contribution >= 4 is 5.91 Å². The molecule has 6 heteroatoms. The molecular weight excluding hydrogens is 335 g/mol. The number of carbonyl (C=O) groups excluding carboxylic acids is 1. The molecule has 0 saturated carbocycles. The van der Waals surface area contributed by atoms with Crippen molar-refractivity contribution in [1.82, 2.24) is 10.6 Å². The highest BCUT2D eigenvalue weighted by Crippen LogP contribution is 2.24. The Hall–Kier alpha value is -2.44. The molecule has 2 aromatic rings. The normalized spacial score (nSPS) is 13.1. The van der Waals surface area contributed by atoms with Gasteiger partial charge in [-0.3, -0.25) is 10.1 Å². The number of benzene rings is 2. The van der Waals surface area contributed by atoms with Crippen LogP contribution in [0.15, 0.2) is 48.5 Å². The van der Waals surface area contributed by atoms with Crippen molar-refractivity contribution in [3.63, 3.8) is 0 Å². The molecule has 0 fully saturated rings. The molecule has 1 amide bonds. The van der Waals surface area contributed by atoms with Crippen LogP contribution in [0.4, 0.5) is 4.39 Å². The molecule has 0 unspecified atom stereocenters. The lowest BCUT2D eigenvalue weighted by Crippen LogP contribution is -2.42. The van der Waals surface area contributed by atoms with Gasteiger partial charge in [-0.15, -0.1) is 0 Å². The largest absolute Gasteiger partial charge is 0.497 e. The van der Waals surface area contributed by atoms with Gasteiger partial charge in [-0.25, -0.2) is 4.39 Å². The number of methoxy groups -OCH3 is 2. The molecule has 140 valence electrons. The quantitative estimate of drug-likeness (QED) is 0.722. The van der Waals surface area contributed by atoms with E-state index in [4.69, 9.17) is 9.47 Å². The van der Waals surface area contributed by atoms with E-state index < -0.39 is 0 Å². The topological polar surface area (TPSA) is 59.6 Å². The van der Waals surface area contributed by atoms with Gasteiger partial charge in [-0.1, -0.05) is 24.3 Å². The summed E-state index contributed by atoms with van der Waals surface area (Å²) in [5.41, 5.74) is 1.82. The van der Waals surface area contributed by atoms with E-state index in [2.05, 4.69) is 10.6 Å². The Morgan fingerprint density at radius 1 is 1.04 bits per heavy atom. The van der Waals surface area contributed by atoms with Gasteiger partial charge in [0.15, 0.2) is 0 Å². The standard InChI is InChI=1S/C20H25FN2O3/c1-14(13-25-2)23-19(24)12-22-20(15-4-8-17(21)9-5-15)16-6-10-18(26-3)11-7-16/h4-11,14,20,22H,12-13H2,1-3H3,(H,23,24)/t14-,20-/m1/s1. The first-order valence-corrected chi connectivity index (χ1v) is 8.44. The minimum atomic E-state index is -0.298. The van der Waals surface area contributed by atoms with Gasteiger partial charge in [0.25, 0.3) is 0 Å². The van der Waals surface area contributed by atoms with Gasteiger partial charge < -0.3 is 14.8 Å². The lowest BCUT2D eigenvalue weighted by Gasteiger charge is -2.21. The number of nitrogens with one attached hydrogen (secondary N) is 2.